The predicted octanol–water partition coefficient (Wildman–Crippen LogP) is 4.23. The van der Waals surface area contributed by atoms with Gasteiger partial charge in [0.25, 0.3) is 5.91 Å². The molecule has 7 nitrogen and oxygen atoms in total. The molecule has 0 radical (unpaired) electrons. The van der Waals surface area contributed by atoms with Crippen LogP contribution in [0.25, 0.3) is 0 Å². The van der Waals surface area contributed by atoms with E-state index in [0.717, 1.165) is 11.1 Å². The average molecular weight is 488 g/mol. The Labute approximate surface area is 208 Å². The zero-order valence-electron chi connectivity index (χ0n) is 19.7. The molecule has 1 fully saturated rings. The maximum atomic E-state index is 14.1. The summed E-state index contributed by atoms with van der Waals surface area (Å²) in [6, 6.07) is 20.2. The number of amides is 3. The number of ether oxygens (including phenoxy) is 1. The van der Waals surface area contributed by atoms with E-state index in [0.29, 0.717) is 28.4 Å². The highest BCUT2D eigenvalue weighted by atomic mass is 32.2. The lowest BCUT2D eigenvalue weighted by atomic mass is 10.0. The third-order valence-electron chi connectivity index (χ3n) is 6.47. The molecule has 0 unspecified atom stereocenters. The van der Waals surface area contributed by atoms with Crippen molar-refractivity contribution in [1.82, 2.24) is 0 Å². The fourth-order valence-corrected chi connectivity index (χ4v) is 5.98. The lowest BCUT2D eigenvalue weighted by molar-refractivity contribution is -0.124. The maximum absolute atomic E-state index is 14.1. The van der Waals surface area contributed by atoms with Gasteiger partial charge < -0.3 is 10.1 Å². The molecule has 0 saturated carbocycles. The average Bonchev–Trinajstić information content (AvgIpc) is 3.32. The van der Waals surface area contributed by atoms with Gasteiger partial charge in [0.2, 0.25) is 16.7 Å². The van der Waals surface area contributed by atoms with Crippen LogP contribution in [0.5, 0.6) is 5.75 Å². The minimum absolute atomic E-state index is 0.153. The van der Waals surface area contributed by atoms with Crippen LogP contribution in [0.3, 0.4) is 0 Å². The fourth-order valence-electron chi connectivity index (χ4n) is 4.63. The van der Waals surface area contributed by atoms with Gasteiger partial charge in [0, 0.05) is 23.0 Å². The lowest BCUT2D eigenvalue weighted by Crippen LogP contribution is -2.50. The van der Waals surface area contributed by atoms with E-state index < -0.39 is 4.87 Å². The van der Waals surface area contributed by atoms with Crippen LogP contribution in [0.2, 0.25) is 0 Å². The highest BCUT2D eigenvalue weighted by Gasteiger charge is 2.61. The summed E-state index contributed by atoms with van der Waals surface area (Å²) in [5, 5.41) is 2.90. The molecule has 1 N–H and O–H groups in total. The number of nitrogens with zero attached hydrogens (tertiary/aromatic N) is 2. The summed E-state index contributed by atoms with van der Waals surface area (Å²) in [4.78, 5) is 41.9. The number of aryl methyl sites for hydroxylation is 2. The van der Waals surface area contributed by atoms with E-state index in [1.165, 1.54) is 16.7 Å². The largest absolute Gasteiger partial charge is 0.497 e. The monoisotopic (exact) mass is 487 g/mol. The molecule has 2 aliphatic rings. The number of carbonyl (C=O) groups is 3. The molecule has 2 aliphatic heterocycles. The summed E-state index contributed by atoms with van der Waals surface area (Å²) in [7, 11) is 1.56. The molecule has 3 aromatic rings. The van der Waals surface area contributed by atoms with Crippen LogP contribution < -0.4 is 19.9 Å². The van der Waals surface area contributed by atoms with E-state index in [-0.39, 0.29) is 30.0 Å². The van der Waals surface area contributed by atoms with Gasteiger partial charge in [-0.1, -0.05) is 30.3 Å². The van der Waals surface area contributed by atoms with Crippen LogP contribution >= 0.6 is 11.8 Å². The van der Waals surface area contributed by atoms with Crippen molar-refractivity contribution in [2.24, 2.45) is 0 Å². The van der Waals surface area contributed by atoms with Gasteiger partial charge in [0.15, 0.2) is 0 Å². The van der Waals surface area contributed by atoms with Gasteiger partial charge in [-0.3, -0.25) is 24.2 Å². The van der Waals surface area contributed by atoms with Gasteiger partial charge in [-0.05, 0) is 55.3 Å². The number of fused-ring (bicyclic) bond motifs is 2. The summed E-state index contributed by atoms with van der Waals surface area (Å²) in [5.74, 6) is -0.0539. The van der Waals surface area contributed by atoms with Crippen molar-refractivity contribution < 1.29 is 19.1 Å². The van der Waals surface area contributed by atoms with E-state index >= 15 is 0 Å². The van der Waals surface area contributed by atoms with Crippen LogP contribution in [0.15, 0.2) is 66.7 Å². The molecule has 1 saturated heterocycles. The molecule has 0 aliphatic carbocycles. The minimum Gasteiger partial charge on any atom is -0.497 e. The van der Waals surface area contributed by atoms with Crippen molar-refractivity contribution in [1.29, 1.82) is 0 Å². The van der Waals surface area contributed by atoms with Gasteiger partial charge in [-0.15, -0.1) is 11.8 Å². The van der Waals surface area contributed by atoms with E-state index in [1.54, 1.807) is 36.3 Å². The number of anilines is 3. The first-order chi connectivity index (χ1) is 16.8. The molecule has 1 spiro atoms. The first-order valence-corrected chi connectivity index (χ1v) is 12.2. The zero-order valence-corrected chi connectivity index (χ0v) is 20.5. The number of methoxy groups -OCH3 is 1. The molecule has 2 heterocycles. The summed E-state index contributed by atoms with van der Waals surface area (Å²) in [6.45, 7) is 3.83. The lowest BCUT2D eigenvalue weighted by Gasteiger charge is -2.33. The summed E-state index contributed by atoms with van der Waals surface area (Å²) < 4.78 is 5.35. The molecule has 1 atom stereocenters. The Morgan fingerprint density at radius 2 is 1.83 bits per heavy atom. The second kappa shape index (κ2) is 8.78. The first-order valence-electron chi connectivity index (χ1n) is 11.2. The number of para-hydroxylation sites is 1. The van der Waals surface area contributed by atoms with Crippen LogP contribution in [-0.2, 0) is 19.3 Å². The molecule has 5 rings (SSSR count). The molecule has 3 aromatic carbocycles. The number of hydrogen-bond acceptors (Lipinski definition) is 5. The molecule has 0 bridgehead atoms. The molecule has 3 amide bonds. The number of carbonyl (C=O) groups excluding carboxylic acids is 3. The zero-order chi connectivity index (χ0) is 24.7. The third kappa shape index (κ3) is 3.74. The van der Waals surface area contributed by atoms with Crippen molar-refractivity contribution in [2.75, 3.05) is 34.5 Å². The second-order valence-corrected chi connectivity index (χ2v) is 9.79. The number of rotatable bonds is 5. The van der Waals surface area contributed by atoms with Gasteiger partial charge in [0.05, 0.1) is 18.6 Å². The van der Waals surface area contributed by atoms with Crippen LogP contribution in [0.4, 0.5) is 17.1 Å². The molecule has 0 aromatic heterocycles. The minimum atomic E-state index is -1.28. The number of thioether (sulfide) groups is 1. The van der Waals surface area contributed by atoms with E-state index in [9.17, 15) is 14.4 Å². The van der Waals surface area contributed by atoms with Crippen LogP contribution in [-0.4, -0.2) is 37.1 Å². The Bertz CT molecular complexity index is 1360. The third-order valence-corrected chi connectivity index (χ3v) is 7.85. The van der Waals surface area contributed by atoms with Gasteiger partial charge in [-0.25, -0.2) is 0 Å². The summed E-state index contributed by atoms with van der Waals surface area (Å²) in [5.41, 5.74) is 4.78. The van der Waals surface area contributed by atoms with Crippen LogP contribution in [0, 0.1) is 13.8 Å². The molecular formula is C27H25N3O4S. The van der Waals surface area contributed by atoms with Gasteiger partial charge in [0.1, 0.15) is 12.3 Å². The topological polar surface area (TPSA) is 79.0 Å². The Kier molecular flexibility index (Phi) is 5.76. The smallest absolute Gasteiger partial charge is 0.269 e. The van der Waals surface area contributed by atoms with Gasteiger partial charge >= 0.3 is 0 Å². The Hall–Kier alpha value is -3.78. The summed E-state index contributed by atoms with van der Waals surface area (Å²) in [6.07, 6.45) is 0. The van der Waals surface area contributed by atoms with Crippen LogP contribution in [0.1, 0.15) is 16.7 Å². The number of nitrogens with one attached hydrogen (secondary N) is 1. The molecular weight excluding hydrogens is 462 g/mol. The number of hydrogen-bond donors (Lipinski definition) is 1. The quantitative estimate of drug-likeness (QED) is 0.583. The Morgan fingerprint density at radius 3 is 2.60 bits per heavy atom. The van der Waals surface area contributed by atoms with E-state index in [2.05, 4.69) is 5.32 Å². The predicted molar refractivity (Wildman–Crippen MR) is 138 cm³/mol. The van der Waals surface area contributed by atoms with Crippen molar-refractivity contribution in [2.45, 2.75) is 18.7 Å². The van der Waals surface area contributed by atoms with Gasteiger partial charge in [-0.2, -0.15) is 0 Å². The number of benzene rings is 3. The standard InChI is InChI=1S/C27H25N3O4S/c1-17-11-12-19(13-18(17)2)28-24(31)15-29-23-10-5-4-9-22(23)27(26(29)33)30(25(32)16-35-27)20-7-6-8-21(14-20)34-3/h4-14H,15-16H2,1-3H3,(H,28,31)/t27-/m1/s1. The highest BCUT2D eigenvalue weighted by Crippen LogP contribution is 2.55. The van der Waals surface area contributed by atoms with Crippen molar-refractivity contribution in [3.8, 4) is 5.75 Å². The summed E-state index contributed by atoms with van der Waals surface area (Å²) >= 11 is 1.28. The van der Waals surface area contributed by atoms with Crippen molar-refractivity contribution in [3.63, 3.8) is 0 Å². The Morgan fingerprint density at radius 1 is 1.03 bits per heavy atom. The SMILES string of the molecule is COc1cccc(N2C(=O)CS[C@]23C(=O)N(CC(=O)Nc2ccc(C)c(C)c2)c2ccccc23)c1. The first kappa shape index (κ1) is 23.0. The van der Waals surface area contributed by atoms with E-state index in [4.69, 9.17) is 4.74 Å². The molecule has 178 valence electrons. The molecule has 8 heteroatoms. The normalized spacial score (nSPS) is 18.8. The highest BCUT2D eigenvalue weighted by molar-refractivity contribution is 8.02. The maximum Gasteiger partial charge on any atom is 0.269 e. The van der Waals surface area contributed by atoms with Crippen molar-refractivity contribution >= 4 is 46.5 Å². The van der Waals surface area contributed by atoms with Crippen molar-refractivity contribution in [3.05, 3.63) is 83.4 Å². The second-order valence-electron chi connectivity index (χ2n) is 8.62. The fraction of sp³-hybridized carbons (Fsp3) is 0.222. The van der Waals surface area contributed by atoms with E-state index in [1.807, 2.05) is 56.3 Å². The Balaban J connectivity index is 1.50. The molecule has 35 heavy (non-hydrogen) atoms.